The number of rotatable bonds is 4. The monoisotopic (exact) mass is 386 g/mol. The van der Waals surface area contributed by atoms with Gasteiger partial charge in [-0.3, -0.25) is 20.9 Å². The van der Waals surface area contributed by atoms with Crippen molar-refractivity contribution in [3.8, 4) is 17.2 Å². The van der Waals surface area contributed by atoms with Crippen molar-refractivity contribution in [1.29, 1.82) is 16.1 Å². The molecule has 0 spiro atoms. The highest BCUT2D eigenvalue weighted by molar-refractivity contribution is 5.91. The normalized spacial score (nSPS) is 14.6. The third-order valence-corrected chi connectivity index (χ3v) is 5.53. The topological polar surface area (TPSA) is 120 Å². The van der Waals surface area contributed by atoms with E-state index in [9.17, 15) is 5.26 Å². The van der Waals surface area contributed by atoms with E-state index >= 15 is 0 Å². The van der Waals surface area contributed by atoms with Crippen molar-refractivity contribution in [3.05, 3.63) is 42.2 Å². The van der Waals surface area contributed by atoms with Gasteiger partial charge in [-0.25, -0.2) is 0 Å². The molecule has 0 atom stereocenters. The first-order valence-corrected chi connectivity index (χ1v) is 9.51. The van der Waals surface area contributed by atoms with E-state index in [2.05, 4.69) is 26.2 Å². The predicted octanol–water partition coefficient (Wildman–Crippen LogP) is 3.23. The molecule has 1 aliphatic rings. The van der Waals surface area contributed by atoms with Crippen LogP contribution in [0, 0.1) is 28.1 Å². The molecule has 1 saturated heterocycles. The molecule has 29 heavy (non-hydrogen) atoms. The molecule has 8 nitrogen and oxygen atoms in total. The Morgan fingerprint density at radius 1 is 1.34 bits per heavy atom. The van der Waals surface area contributed by atoms with Gasteiger partial charge in [-0.05, 0) is 25.0 Å². The zero-order valence-electron chi connectivity index (χ0n) is 16.2. The van der Waals surface area contributed by atoms with Crippen molar-refractivity contribution in [1.82, 2.24) is 20.1 Å². The number of hydrogen-bond donors (Lipinski definition) is 3. The summed E-state index contributed by atoms with van der Waals surface area (Å²) < 4.78 is 0. The lowest BCUT2D eigenvalue weighted by Crippen LogP contribution is -2.41. The van der Waals surface area contributed by atoms with Gasteiger partial charge in [-0.1, -0.05) is 12.1 Å². The molecule has 146 valence electrons. The summed E-state index contributed by atoms with van der Waals surface area (Å²) in [5.41, 5.74) is 5.13. The van der Waals surface area contributed by atoms with Crippen molar-refractivity contribution in [2.75, 3.05) is 25.0 Å². The van der Waals surface area contributed by atoms with Crippen LogP contribution in [0.2, 0.25) is 0 Å². The van der Waals surface area contributed by atoms with E-state index < -0.39 is 0 Å². The third-order valence-electron chi connectivity index (χ3n) is 5.53. The van der Waals surface area contributed by atoms with Crippen LogP contribution in [0.25, 0.3) is 22.2 Å². The quantitative estimate of drug-likeness (QED) is 0.470. The Kier molecular flexibility index (Phi) is 4.96. The zero-order valence-corrected chi connectivity index (χ0v) is 16.2. The molecule has 0 aliphatic carbocycles. The molecule has 1 fully saturated rings. The first kappa shape index (κ1) is 18.6. The van der Waals surface area contributed by atoms with Gasteiger partial charge in [0.15, 0.2) is 0 Å². The Morgan fingerprint density at radius 3 is 2.86 bits per heavy atom. The Labute approximate surface area is 168 Å². The number of aromatic amines is 1. The second kappa shape index (κ2) is 7.72. The minimum atomic E-state index is 0.124. The molecule has 4 rings (SSSR count). The Morgan fingerprint density at radius 2 is 2.14 bits per heavy atom. The van der Waals surface area contributed by atoms with Crippen LogP contribution in [0.3, 0.4) is 0 Å². The average Bonchev–Trinajstić information content (AvgIpc) is 3.25. The van der Waals surface area contributed by atoms with Crippen LogP contribution in [0.5, 0.6) is 0 Å². The van der Waals surface area contributed by atoms with Crippen LogP contribution in [-0.4, -0.2) is 52.4 Å². The second-order valence-electron chi connectivity index (χ2n) is 7.23. The Balaban J connectivity index is 1.66. The van der Waals surface area contributed by atoms with Gasteiger partial charge >= 0.3 is 0 Å². The fraction of sp³-hybridized carbons (Fsp3) is 0.286. The smallest absolute Gasteiger partial charge is 0.108 e. The third kappa shape index (κ3) is 3.43. The number of anilines is 1. The van der Waals surface area contributed by atoms with Gasteiger partial charge in [0.2, 0.25) is 0 Å². The summed E-state index contributed by atoms with van der Waals surface area (Å²) in [6, 6.07) is 10.1. The number of amidine groups is 1. The molecule has 3 aromatic rings. The summed E-state index contributed by atoms with van der Waals surface area (Å²) in [7, 11) is 1.74. The van der Waals surface area contributed by atoms with E-state index in [1.165, 1.54) is 6.34 Å². The molecule has 3 heterocycles. The summed E-state index contributed by atoms with van der Waals surface area (Å²) in [6.45, 7) is 1.51. The standard InChI is InChI=1S/C21H22N8/c1-28(13-23)21(24)14-5-7-29(8-6-14)20-15(10-22)3-2-4-17(20)16-9-18-19(25-11-16)12-26-27-18/h2-4,9,11-14,23-24H,5-8H2,1H3,(H,26,27). The van der Waals surface area contributed by atoms with Crippen LogP contribution in [-0.2, 0) is 0 Å². The average molecular weight is 386 g/mol. The lowest BCUT2D eigenvalue weighted by atomic mass is 9.92. The molecule has 1 aliphatic heterocycles. The number of nitrogens with zero attached hydrogens (tertiary/aromatic N) is 5. The molecule has 0 saturated carbocycles. The van der Waals surface area contributed by atoms with Crippen molar-refractivity contribution in [3.63, 3.8) is 0 Å². The molecule has 8 heteroatoms. The summed E-state index contributed by atoms with van der Waals surface area (Å²) in [5, 5.41) is 32.3. The van der Waals surface area contributed by atoms with Gasteiger partial charge in [0.1, 0.15) is 17.4 Å². The highest BCUT2D eigenvalue weighted by atomic mass is 15.2. The van der Waals surface area contributed by atoms with Crippen molar-refractivity contribution in [2.45, 2.75) is 12.8 Å². The highest BCUT2D eigenvalue weighted by Crippen LogP contribution is 2.36. The Hall–Kier alpha value is -3.73. The number of benzene rings is 1. The lowest BCUT2D eigenvalue weighted by Gasteiger charge is -2.36. The maximum absolute atomic E-state index is 9.73. The minimum absolute atomic E-state index is 0.124. The maximum Gasteiger partial charge on any atom is 0.108 e. The van der Waals surface area contributed by atoms with Crippen LogP contribution in [0.15, 0.2) is 36.7 Å². The van der Waals surface area contributed by atoms with Gasteiger partial charge in [-0.15, -0.1) is 0 Å². The van der Waals surface area contributed by atoms with E-state index in [1.807, 2.05) is 30.5 Å². The van der Waals surface area contributed by atoms with Gasteiger partial charge < -0.3 is 9.80 Å². The fourth-order valence-electron chi connectivity index (χ4n) is 3.92. The Bertz CT molecular complexity index is 1100. The molecule has 0 bridgehead atoms. The number of H-pyrrole nitrogens is 1. The van der Waals surface area contributed by atoms with E-state index in [-0.39, 0.29) is 5.92 Å². The van der Waals surface area contributed by atoms with E-state index in [0.717, 1.165) is 53.8 Å². The number of hydrogen-bond acceptors (Lipinski definition) is 6. The molecule has 0 radical (unpaired) electrons. The van der Waals surface area contributed by atoms with Crippen LogP contribution >= 0.6 is 0 Å². The summed E-state index contributed by atoms with van der Waals surface area (Å²) in [6.07, 6.45) is 6.31. The SMILES string of the molecule is CN(C=N)C(=N)C1CCN(c2c(C#N)cccc2-c2cnc3cn[nH]c3c2)CC1. The zero-order chi connectivity index (χ0) is 20.4. The number of nitrogens with one attached hydrogen (secondary N) is 3. The predicted molar refractivity (Wildman–Crippen MR) is 113 cm³/mol. The van der Waals surface area contributed by atoms with Crippen LogP contribution < -0.4 is 4.90 Å². The van der Waals surface area contributed by atoms with E-state index in [0.29, 0.717) is 11.4 Å². The summed E-state index contributed by atoms with van der Waals surface area (Å²) in [5.74, 6) is 0.598. The van der Waals surface area contributed by atoms with Gasteiger partial charge in [0.05, 0.1) is 29.3 Å². The summed E-state index contributed by atoms with van der Waals surface area (Å²) >= 11 is 0. The summed E-state index contributed by atoms with van der Waals surface area (Å²) in [4.78, 5) is 8.26. The largest absolute Gasteiger partial charge is 0.370 e. The van der Waals surface area contributed by atoms with Gasteiger partial charge in [-0.2, -0.15) is 10.4 Å². The molecule has 3 N–H and O–H groups in total. The molecule has 0 unspecified atom stereocenters. The maximum atomic E-state index is 9.73. The van der Waals surface area contributed by atoms with Crippen LogP contribution in [0.1, 0.15) is 18.4 Å². The number of para-hydroxylation sites is 1. The first-order valence-electron chi connectivity index (χ1n) is 9.51. The number of nitriles is 1. The highest BCUT2D eigenvalue weighted by Gasteiger charge is 2.27. The fourth-order valence-corrected chi connectivity index (χ4v) is 3.92. The van der Waals surface area contributed by atoms with E-state index in [4.69, 9.17) is 10.8 Å². The minimum Gasteiger partial charge on any atom is -0.370 e. The number of piperidine rings is 1. The van der Waals surface area contributed by atoms with Crippen molar-refractivity contribution in [2.24, 2.45) is 5.92 Å². The number of aromatic nitrogens is 3. The molecular formula is C21H22N8. The lowest BCUT2D eigenvalue weighted by molar-refractivity contribution is 0.473. The molecule has 1 aromatic carbocycles. The number of fused-ring (bicyclic) bond motifs is 1. The number of pyridine rings is 1. The van der Waals surface area contributed by atoms with Crippen molar-refractivity contribution >= 4 is 28.9 Å². The molecular weight excluding hydrogens is 364 g/mol. The molecule has 2 aromatic heterocycles. The first-order chi connectivity index (χ1) is 14.1. The van der Waals surface area contributed by atoms with Crippen molar-refractivity contribution < 1.29 is 0 Å². The second-order valence-corrected chi connectivity index (χ2v) is 7.23. The molecule has 0 amide bonds. The van der Waals surface area contributed by atoms with Gasteiger partial charge in [0.25, 0.3) is 0 Å². The van der Waals surface area contributed by atoms with Crippen LogP contribution in [0.4, 0.5) is 5.69 Å². The van der Waals surface area contributed by atoms with E-state index in [1.54, 1.807) is 18.1 Å². The van der Waals surface area contributed by atoms with Gasteiger partial charge in [0, 0.05) is 43.4 Å².